The number of hydrogen-bond donors (Lipinski definition) is 0. The van der Waals surface area contributed by atoms with E-state index in [1.54, 1.807) is 12.3 Å². The number of nitrogens with zero attached hydrogens (tertiary/aromatic N) is 4. The van der Waals surface area contributed by atoms with Crippen molar-refractivity contribution in [3.05, 3.63) is 68.7 Å². The molecule has 0 N–H and O–H groups in total. The summed E-state index contributed by atoms with van der Waals surface area (Å²) >= 11 is 3.42. The molecule has 2 heterocycles. The van der Waals surface area contributed by atoms with Crippen LogP contribution in [0, 0.1) is 0 Å². The molecule has 0 amide bonds. The molecule has 3 aromatic rings. The lowest BCUT2D eigenvalue weighted by Gasteiger charge is -2.28. The smallest absolute Gasteiger partial charge is 0.282 e. The summed E-state index contributed by atoms with van der Waals surface area (Å²) in [5, 5.41) is 5.02. The lowest BCUT2D eigenvalue weighted by molar-refractivity contribution is 0.578. The van der Waals surface area contributed by atoms with E-state index in [4.69, 9.17) is 0 Å². The molecule has 1 fully saturated rings. The highest BCUT2D eigenvalue weighted by Crippen LogP contribution is 2.20. The minimum Gasteiger partial charge on any atom is -0.372 e. The molecule has 28 heavy (non-hydrogen) atoms. The van der Waals surface area contributed by atoms with Crippen molar-refractivity contribution in [3.8, 4) is 0 Å². The average molecular weight is 439 g/mol. The minimum absolute atomic E-state index is 0.149. The number of piperidine rings is 1. The predicted octanol–water partition coefficient (Wildman–Crippen LogP) is 4.59. The van der Waals surface area contributed by atoms with Crippen LogP contribution in [0.25, 0.3) is 10.9 Å². The normalized spacial score (nSPS) is 14.9. The van der Waals surface area contributed by atoms with Gasteiger partial charge in [-0.05, 0) is 55.2 Å². The molecule has 0 aliphatic carbocycles. The summed E-state index contributed by atoms with van der Waals surface area (Å²) in [5.41, 5.74) is 2.76. The Morgan fingerprint density at radius 2 is 1.86 bits per heavy atom. The summed E-state index contributed by atoms with van der Waals surface area (Å²) in [6.45, 7) is 4.23. The first-order valence-electron chi connectivity index (χ1n) is 9.76. The molecule has 0 unspecified atom stereocenters. The van der Waals surface area contributed by atoms with E-state index in [0.29, 0.717) is 23.1 Å². The van der Waals surface area contributed by atoms with Gasteiger partial charge in [-0.2, -0.15) is 9.78 Å². The molecule has 144 valence electrons. The number of anilines is 1. The first kappa shape index (κ1) is 18.9. The van der Waals surface area contributed by atoms with Gasteiger partial charge < -0.3 is 4.90 Å². The van der Waals surface area contributed by atoms with Crippen LogP contribution < -0.4 is 10.5 Å². The molecular formula is C22H23BrN4O. The van der Waals surface area contributed by atoms with Crippen molar-refractivity contribution >= 4 is 38.7 Å². The molecule has 0 bridgehead atoms. The van der Waals surface area contributed by atoms with E-state index >= 15 is 0 Å². The second-order valence-corrected chi connectivity index (χ2v) is 7.96. The molecule has 1 aliphatic heterocycles. The van der Waals surface area contributed by atoms with Crippen molar-refractivity contribution in [2.24, 2.45) is 5.10 Å². The third-order valence-corrected chi connectivity index (χ3v) is 5.62. The number of aromatic nitrogens is 2. The Balaban J connectivity index is 1.64. The van der Waals surface area contributed by atoms with Gasteiger partial charge >= 0.3 is 0 Å². The second kappa shape index (κ2) is 8.27. The maximum absolute atomic E-state index is 12.9. The van der Waals surface area contributed by atoms with Crippen LogP contribution in [-0.2, 0) is 6.42 Å². The largest absolute Gasteiger partial charge is 0.372 e. The number of rotatable bonds is 4. The summed E-state index contributed by atoms with van der Waals surface area (Å²) in [4.78, 5) is 20.0. The van der Waals surface area contributed by atoms with E-state index in [1.807, 2.05) is 19.1 Å². The SMILES string of the molecule is CCc1nc2ccc(Br)cc2c(=O)n1N=Cc1ccc(N2CCCCC2)cc1. The highest BCUT2D eigenvalue weighted by Gasteiger charge is 2.11. The molecule has 1 aliphatic rings. The third kappa shape index (κ3) is 3.87. The maximum atomic E-state index is 12.9. The van der Waals surface area contributed by atoms with Gasteiger partial charge in [-0.1, -0.05) is 35.0 Å². The van der Waals surface area contributed by atoms with Gasteiger partial charge in [0.15, 0.2) is 0 Å². The van der Waals surface area contributed by atoms with E-state index in [1.165, 1.54) is 29.6 Å². The minimum atomic E-state index is -0.149. The fourth-order valence-corrected chi connectivity index (χ4v) is 3.95. The van der Waals surface area contributed by atoms with Crippen LogP contribution in [0.5, 0.6) is 0 Å². The Morgan fingerprint density at radius 3 is 2.57 bits per heavy atom. The molecule has 0 atom stereocenters. The number of halogens is 1. The van der Waals surface area contributed by atoms with Crippen molar-refractivity contribution in [3.63, 3.8) is 0 Å². The van der Waals surface area contributed by atoms with Crippen LogP contribution in [-0.4, -0.2) is 29.0 Å². The van der Waals surface area contributed by atoms with Crippen LogP contribution in [0.1, 0.15) is 37.6 Å². The third-order valence-electron chi connectivity index (χ3n) is 5.13. The molecular weight excluding hydrogens is 416 g/mol. The summed E-state index contributed by atoms with van der Waals surface area (Å²) < 4.78 is 2.26. The summed E-state index contributed by atoms with van der Waals surface area (Å²) in [6, 6.07) is 13.9. The van der Waals surface area contributed by atoms with Crippen LogP contribution in [0.3, 0.4) is 0 Å². The molecule has 2 aromatic carbocycles. The van der Waals surface area contributed by atoms with Crippen molar-refractivity contribution in [2.45, 2.75) is 32.6 Å². The van der Waals surface area contributed by atoms with Gasteiger partial charge in [0.25, 0.3) is 5.56 Å². The zero-order valence-electron chi connectivity index (χ0n) is 15.9. The summed E-state index contributed by atoms with van der Waals surface area (Å²) in [5.74, 6) is 0.654. The zero-order chi connectivity index (χ0) is 19.5. The quantitative estimate of drug-likeness (QED) is 0.559. The topological polar surface area (TPSA) is 50.5 Å². The van der Waals surface area contributed by atoms with Gasteiger partial charge in [0, 0.05) is 29.7 Å². The Morgan fingerprint density at radius 1 is 1.11 bits per heavy atom. The molecule has 1 aromatic heterocycles. The van der Waals surface area contributed by atoms with Crippen LogP contribution in [0.15, 0.2) is 56.8 Å². The first-order valence-corrected chi connectivity index (χ1v) is 10.6. The van der Waals surface area contributed by atoms with Gasteiger partial charge in [0.05, 0.1) is 17.1 Å². The Hall–Kier alpha value is -2.47. The Bertz CT molecular complexity index is 1070. The van der Waals surface area contributed by atoms with Crippen molar-refractivity contribution in [1.82, 2.24) is 9.66 Å². The Kier molecular flexibility index (Phi) is 5.57. The molecule has 1 saturated heterocycles. The van der Waals surface area contributed by atoms with E-state index < -0.39 is 0 Å². The summed E-state index contributed by atoms with van der Waals surface area (Å²) in [6.07, 6.45) is 6.21. The van der Waals surface area contributed by atoms with Gasteiger partial charge in [0.2, 0.25) is 0 Å². The molecule has 5 nitrogen and oxygen atoms in total. The number of aryl methyl sites for hydroxylation is 1. The molecule has 0 spiro atoms. The average Bonchev–Trinajstić information content (AvgIpc) is 2.74. The van der Waals surface area contributed by atoms with E-state index in [9.17, 15) is 4.79 Å². The number of benzene rings is 2. The van der Waals surface area contributed by atoms with Crippen LogP contribution in [0.2, 0.25) is 0 Å². The second-order valence-electron chi connectivity index (χ2n) is 7.04. The Labute approximate surface area is 172 Å². The van der Waals surface area contributed by atoms with Gasteiger partial charge in [-0.25, -0.2) is 4.98 Å². The van der Waals surface area contributed by atoms with Crippen molar-refractivity contribution in [2.75, 3.05) is 18.0 Å². The van der Waals surface area contributed by atoms with E-state index in [0.717, 1.165) is 23.1 Å². The summed E-state index contributed by atoms with van der Waals surface area (Å²) in [7, 11) is 0. The molecule has 0 radical (unpaired) electrons. The lowest BCUT2D eigenvalue weighted by Crippen LogP contribution is -2.29. The van der Waals surface area contributed by atoms with Crippen molar-refractivity contribution < 1.29 is 0 Å². The fraction of sp³-hybridized carbons (Fsp3) is 0.318. The maximum Gasteiger partial charge on any atom is 0.282 e. The van der Waals surface area contributed by atoms with Gasteiger partial charge in [0.1, 0.15) is 5.82 Å². The van der Waals surface area contributed by atoms with E-state index in [-0.39, 0.29) is 5.56 Å². The van der Waals surface area contributed by atoms with Gasteiger partial charge in [-0.15, -0.1) is 0 Å². The number of hydrogen-bond acceptors (Lipinski definition) is 4. The highest BCUT2D eigenvalue weighted by atomic mass is 79.9. The fourth-order valence-electron chi connectivity index (χ4n) is 3.59. The zero-order valence-corrected chi connectivity index (χ0v) is 17.5. The molecule has 4 rings (SSSR count). The van der Waals surface area contributed by atoms with E-state index in [2.05, 4.69) is 55.2 Å². The lowest BCUT2D eigenvalue weighted by atomic mass is 10.1. The van der Waals surface area contributed by atoms with Gasteiger partial charge in [-0.3, -0.25) is 4.79 Å². The monoisotopic (exact) mass is 438 g/mol. The first-order chi connectivity index (χ1) is 13.7. The van der Waals surface area contributed by atoms with Crippen LogP contribution in [0.4, 0.5) is 5.69 Å². The number of fused-ring (bicyclic) bond motifs is 1. The van der Waals surface area contributed by atoms with Crippen molar-refractivity contribution in [1.29, 1.82) is 0 Å². The molecule has 6 heteroatoms. The predicted molar refractivity (Wildman–Crippen MR) is 119 cm³/mol. The molecule has 0 saturated carbocycles. The highest BCUT2D eigenvalue weighted by molar-refractivity contribution is 9.10. The van der Waals surface area contributed by atoms with Crippen LogP contribution >= 0.6 is 15.9 Å². The standard InChI is InChI=1S/C22H23BrN4O/c1-2-21-25-20-11-8-17(23)14-19(20)22(28)27(21)24-15-16-6-9-18(10-7-16)26-12-4-3-5-13-26/h6-11,14-15H,2-5,12-13H2,1H3.